The Morgan fingerprint density at radius 3 is 2.15 bits per heavy atom. The van der Waals surface area contributed by atoms with E-state index in [9.17, 15) is 5.11 Å². The summed E-state index contributed by atoms with van der Waals surface area (Å²) in [7, 11) is -2.01. The summed E-state index contributed by atoms with van der Waals surface area (Å²) in [6.45, 7) is 13.8. The van der Waals surface area contributed by atoms with Crippen molar-refractivity contribution in [3.05, 3.63) is 72.2 Å². The third kappa shape index (κ3) is 4.55. The lowest BCUT2D eigenvalue weighted by atomic mass is 10.0. The molecule has 0 aliphatic carbocycles. The van der Waals surface area contributed by atoms with Crippen LogP contribution in [0.2, 0.25) is 16.6 Å². The van der Waals surface area contributed by atoms with Crippen molar-refractivity contribution < 1.29 is 18.7 Å². The first kappa shape index (κ1) is 23.8. The fourth-order valence-corrected chi connectivity index (χ4v) is 11.8. The third-order valence-electron chi connectivity index (χ3n) is 6.74. The summed E-state index contributed by atoms with van der Waals surface area (Å²) in [5.74, 6) is 2.79. The van der Waals surface area contributed by atoms with E-state index in [4.69, 9.17) is 13.6 Å². The molecule has 0 saturated heterocycles. The molecule has 176 valence electrons. The summed E-state index contributed by atoms with van der Waals surface area (Å²) in [4.78, 5) is 0.911. The molecule has 33 heavy (non-hydrogen) atoms. The molecule has 0 spiro atoms. The van der Waals surface area contributed by atoms with Crippen molar-refractivity contribution in [3.63, 3.8) is 0 Å². The Morgan fingerprint density at radius 2 is 1.58 bits per heavy atom. The van der Waals surface area contributed by atoms with Crippen molar-refractivity contribution in [1.29, 1.82) is 0 Å². The van der Waals surface area contributed by atoms with Gasteiger partial charge in [0.25, 0.3) is 8.32 Å². The van der Waals surface area contributed by atoms with Crippen LogP contribution < -0.4 is 9.16 Å². The molecule has 0 unspecified atom stereocenters. The van der Waals surface area contributed by atoms with Gasteiger partial charge < -0.3 is 18.7 Å². The molecule has 1 aromatic heterocycles. The summed E-state index contributed by atoms with van der Waals surface area (Å²) < 4.78 is 19.0. The van der Waals surface area contributed by atoms with Crippen LogP contribution in [0.5, 0.6) is 17.2 Å². The van der Waals surface area contributed by atoms with Gasteiger partial charge in [-0.25, -0.2) is 0 Å². The topological polar surface area (TPSA) is 51.8 Å². The van der Waals surface area contributed by atoms with Crippen LogP contribution in [-0.4, -0.2) is 13.4 Å². The van der Waals surface area contributed by atoms with E-state index in [-0.39, 0.29) is 17.1 Å². The highest BCUT2D eigenvalue weighted by atomic mass is 32.2. The van der Waals surface area contributed by atoms with E-state index in [1.807, 2.05) is 18.2 Å². The molecule has 4 rings (SSSR count). The zero-order chi connectivity index (χ0) is 23.8. The van der Waals surface area contributed by atoms with E-state index in [0.29, 0.717) is 16.6 Å². The normalized spacial score (nSPS) is 18.5. The molecule has 1 N–H and O–H groups in total. The molecule has 0 fully saturated rings. The fraction of sp³-hybridized carbons (Fsp3) is 0.407. The highest BCUT2D eigenvalue weighted by molar-refractivity contribution is 7.99. The maximum atomic E-state index is 9.93. The number of fused-ring (bicyclic) bond motifs is 1. The van der Waals surface area contributed by atoms with Gasteiger partial charge in [0.2, 0.25) is 0 Å². The minimum atomic E-state index is -2.01. The van der Waals surface area contributed by atoms with Crippen molar-refractivity contribution in [1.82, 2.24) is 0 Å². The first-order chi connectivity index (χ1) is 15.7. The number of benzene rings is 2. The number of hydrogen-bond acceptors (Lipinski definition) is 5. The maximum Gasteiger partial charge on any atom is 0.258 e. The van der Waals surface area contributed by atoms with Gasteiger partial charge in [-0.2, -0.15) is 0 Å². The van der Waals surface area contributed by atoms with Gasteiger partial charge in [0, 0.05) is 0 Å². The molecule has 1 aliphatic heterocycles. The number of ether oxygens (including phenoxy) is 1. The third-order valence-corrected chi connectivity index (χ3v) is 14.1. The van der Waals surface area contributed by atoms with Gasteiger partial charge in [0.1, 0.15) is 34.4 Å². The van der Waals surface area contributed by atoms with Crippen molar-refractivity contribution in [2.75, 3.05) is 0 Å². The summed E-state index contributed by atoms with van der Waals surface area (Å²) in [6.07, 6.45) is 1.48. The van der Waals surface area contributed by atoms with E-state index in [1.165, 1.54) is 0 Å². The van der Waals surface area contributed by atoms with E-state index in [1.54, 1.807) is 30.2 Å². The van der Waals surface area contributed by atoms with Gasteiger partial charge in [0.05, 0.1) is 11.2 Å². The molecule has 2 aromatic carbocycles. The molecule has 6 heteroatoms. The van der Waals surface area contributed by atoms with Crippen LogP contribution in [0.3, 0.4) is 0 Å². The van der Waals surface area contributed by atoms with Crippen molar-refractivity contribution in [3.8, 4) is 17.2 Å². The average molecular weight is 483 g/mol. The van der Waals surface area contributed by atoms with Crippen LogP contribution in [0.15, 0.2) is 70.2 Å². The lowest BCUT2D eigenvalue weighted by Crippen LogP contribution is -2.50. The van der Waals surface area contributed by atoms with Gasteiger partial charge in [-0.15, -0.1) is 11.8 Å². The molecule has 2 heterocycles. The van der Waals surface area contributed by atoms with Crippen LogP contribution in [-0.2, 0) is 0 Å². The second kappa shape index (κ2) is 9.51. The Morgan fingerprint density at radius 1 is 0.909 bits per heavy atom. The number of rotatable bonds is 7. The predicted molar refractivity (Wildman–Crippen MR) is 137 cm³/mol. The van der Waals surface area contributed by atoms with Crippen molar-refractivity contribution >= 4 is 20.1 Å². The molecule has 2 atom stereocenters. The van der Waals surface area contributed by atoms with Crippen LogP contribution in [0, 0.1) is 0 Å². The monoisotopic (exact) mass is 482 g/mol. The molecular weight excluding hydrogens is 448 g/mol. The predicted octanol–water partition coefficient (Wildman–Crippen LogP) is 8.51. The molecule has 0 amide bonds. The number of furan rings is 1. The highest BCUT2D eigenvalue weighted by Gasteiger charge is 2.47. The SMILES string of the molecule is CC(C)[Si](Oc1ccc([C@H]2Oc3ccc(O)cc3S[C@H]2c2ccco2)cc1)(C(C)C)C(C)C. The maximum absolute atomic E-state index is 9.93. The second-order valence-electron chi connectivity index (χ2n) is 9.71. The first-order valence-electron chi connectivity index (χ1n) is 11.7. The van der Waals surface area contributed by atoms with Gasteiger partial charge in [-0.3, -0.25) is 0 Å². The number of phenols is 1. The summed E-state index contributed by atoms with van der Waals surface area (Å²) >= 11 is 1.65. The largest absolute Gasteiger partial charge is 0.543 e. The Hall–Kier alpha value is -2.31. The van der Waals surface area contributed by atoms with Crippen LogP contribution >= 0.6 is 11.8 Å². The van der Waals surface area contributed by atoms with Crippen LogP contribution in [0.25, 0.3) is 0 Å². The zero-order valence-electron chi connectivity index (χ0n) is 20.2. The van der Waals surface area contributed by atoms with E-state index < -0.39 is 8.32 Å². The zero-order valence-corrected chi connectivity index (χ0v) is 22.1. The summed E-state index contributed by atoms with van der Waals surface area (Å²) in [5.41, 5.74) is 2.63. The Balaban J connectivity index is 1.65. The Kier molecular flexibility index (Phi) is 6.87. The number of thioether (sulfide) groups is 1. The second-order valence-corrected chi connectivity index (χ2v) is 16.3. The van der Waals surface area contributed by atoms with Crippen molar-refractivity contribution in [2.45, 2.75) is 74.4 Å². The minimum Gasteiger partial charge on any atom is -0.543 e. The average Bonchev–Trinajstić information content (AvgIpc) is 3.31. The Bertz CT molecular complexity index is 1040. The van der Waals surface area contributed by atoms with Gasteiger partial charge in [0.15, 0.2) is 0 Å². The number of hydrogen-bond donors (Lipinski definition) is 1. The van der Waals surface area contributed by atoms with Crippen LogP contribution in [0.1, 0.15) is 64.2 Å². The van der Waals surface area contributed by atoms with Gasteiger partial charge >= 0.3 is 0 Å². The summed E-state index contributed by atoms with van der Waals surface area (Å²) in [5, 5.41) is 9.87. The molecule has 3 aromatic rings. The van der Waals surface area contributed by atoms with E-state index >= 15 is 0 Å². The molecule has 1 aliphatic rings. The van der Waals surface area contributed by atoms with E-state index in [0.717, 1.165) is 27.7 Å². The lowest BCUT2D eigenvalue weighted by molar-refractivity contribution is 0.181. The van der Waals surface area contributed by atoms with Gasteiger partial charge in [-0.05, 0) is 64.7 Å². The molecular formula is C27H34O4SSi. The molecule has 0 radical (unpaired) electrons. The Labute approximate surface area is 202 Å². The van der Waals surface area contributed by atoms with Crippen molar-refractivity contribution in [2.24, 2.45) is 0 Å². The number of aromatic hydroxyl groups is 1. The quantitative estimate of drug-likeness (QED) is 0.342. The first-order valence-corrected chi connectivity index (χ1v) is 14.7. The smallest absolute Gasteiger partial charge is 0.258 e. The molecule has 4 nitrogen and oxygen atoms in total. The number of phenolic OH excluding ortho intramolecular Hbond substituents is 1. The lowest BCUT2D eigenvalue weighted by Gasteiger charge is -2.42. The van der Waals surface area contributed by atoms with Gasteiger partial charge in [-0.1, -0.05) is 53.7 Å². The standard InChI is InChI=1S/C27H34O4SSi/c1-17(2)33(18(3)4,19(5)6)31-22-12-9-20(10-13-22)26-27(24-8-7-15-29-24)32-25-16-21(28)11-14-23(25)30-26/h7-19,26-28H,1-6H3/t26-,27+/m1/s1. The highest BCUT2D eigenvalue weighted by Crippen LogP contribution is 2.54. The molecule has 0 saturated carbocycles. The fourth-order valence-electron chi connectivity index (χ4n) is 5.27. The van der Waals surface area contributed by atoms with Crippen LogP contribution in [0.4, 0.5) is 0 Å². The summed E-state index contributed by atoms with van der Waals surface area (Å²) in [6, 6.07) is 17.5. The van der Waals surface area contributed by atoms with E-state index in [2.05, 4.69) is 65.8 Å². The molecule has 0 bridgehead atoms. The minimum absolute atomic E-state index is 0.0588.